The molecule has 0 aliphatic carbocycles. The summed E-state index contributed by atoms with van der Waals surface area (Å²) in [5, 5.41) is 0. The van der Waals surface area contributed by atoms with Gasteiger partial charge in [-0.1, -0.05) is 147 Å². The van der Waals surface area contributed by atoms with Crippen LogP contribution in [0, 0.1) is 0 Å². The number of hydrogen-bond acceptors (Lipinski definition) is 0. The molecule has 2 heteroatoms. The molecule has 0 fully saturated rings. The molecule has 0 radical (unpaired) electrons. The molecule has 152 valence electrons. The molecule has 3 aromatic rings. The lowest BCUT2D eigenvalue weighted by Crippen LogP contribution is -2.67. The topological polar surface area (TPSA) is 0 Å². The summed E-state index contributed by atoms with van der Waals surface area (Å²) < 4.78 is 0. The molecule has 0 aromatic heterocycles. The predicted molar refractivity (Wildman–Crippen MR) is 133 cm³/mol. The van der Waals surface area contributed by atoms with E-state index in [0.717, 1.165) is 0 Å². The Morgan fingerprint density at radius 3 is 0.931 bits per heavy atom. The molecule has 0 aliphatic rings. The second-order valence-corrected chi connectivity index (χ2v) is 23.3. The van der Waals surface area contributed by atoms with Gasteiger partial charge in [0.25, 0.3) is 0 Å². The lowest BCUT2D eigenvalue weighted by molar-refractivity contribution is 1.11. The number of benzene rings is 3. The van der Waals surface area contributed by atoms with Gasteiger partial charge in [-0.15, -0.1) is 0 Å². The van der Waals surface area contributed by atoms with Crippen LogP contribution in [0.2, 0.25) is 18.1 Å². The molecule has 0 atom stereocenters. The normalized spacial score (nSPS) is 12.1. The minimum absolute atomic E-state index is 1.32. The highest BCUT2D eigenvalue weighted by molar-refractivity contribution is 7.41. The van der Waals surface area contributed by atoms with Crippen molar-refractivity contribution in [2.75, 3.05) is 0 Å². The molecule has 3 aromatic carbocycles. The first kappa shape index (κ1) is 21.8. The summed E-state index contributed by atoms with van der Waals surface area (Å²) in [5.41, 5.74) is 4.66. The van der Waals surface area contributed by atoms with Gasteiger partial charge in [-0.3, -0.25) is 0 Å². The largest absolute Gasteiger partial charge is 0.0680 e. The Morgan fingerprint density at radius 1 is 0.414 bits per heavy atom. The zero-order chi connectivity index (χ0) is 20.6. The van der Waals surface area contributed by atoms with E-state index in [0.29, 0.717) is 0 Å². The Labute approximate surface area is 179 Å². The SMILES string of the molecule is CC[Si](CC)(CC)[Si](Cc1ccccc1)(Cc1ccccc1)Cc1ccccc1. The number of hydrogen-bond donors (Lipinski definition) is 0. The van der Waals surface area contributed by atoms with E-state index in [4.69, 9.17) is 0 Å². The summed E-state index contributed by atoms with van der Waals surface area (Å²) in [6.45, 7) is 7.51. The van der Waals surface area contributed by atoms with Gasteiger partial charge in [0, 0.05) is 7.59 Å². The maximum Gasteiger partial charge on any atom is 0.0607 e. The highest BCUT2D eigenvalue weighted by Crippen LogP contribution is 2.38. The van der Waals surface area contributed by atoms with Crippen molar-refractivity contribution < 1.29 is 0 Å². The minimum atomic E-state index is -1.66. The van der Waals surface area contributed by atoms with Gasteiger partial charge in [-0.25, -0.2) is 0 Å². The molecule has 3 rings (SSSR count). The molecule has 0 heterocycles. The van der Waals surface area contributed by atoms with Crippen molar-refractivity contribution in [1.29, 1.82) is 0 Å². The minimum Gasteiger partial charge on any atom is -0.0680 e. The highest BCUT2D eigenvalue weighted by atomic mass is 29.3. The van der Waals surface area contributed by atoms with Crippen LogP contribution < -0.4 is 0 Å². The first-order chi connectivity index (χ1) is 14.2. The predicted octanol–water partition coefficient (Wildman–Crippen LogP) is 7.37. The molecule has 0 unspecified atom stereocenters. The van der Waals surface area contributed by atoms with Gasteiger partial charge >= 0.3 is 0 Å². The second-order valence-electron chi connectivity index (χ2n) is 8.61. The zero-order valence-electron chi connectivity index (χ0n) is 18.4. The van der Waals surface area contributed by atoms with Crippen LogP contribution in [0.3, 0.4) is 0 Å². The fourth-order valence-electron chi connectivity index (χ4n) is 5.58. The van der Waals surface area contributed by atoms with Crippen molar-refractivity contribution in [1.82, 2.24) is 0 Å². The quantitative estimate of drug-likeness (QED) is 0.303. The van der Waals surface area contributed by atoms with Gasteiger partial charge in [0.2, 0.25) is 0 Å². The van der Waals surface area contributed by atoms with E-state index in [9.17, 15) is 0 Å². The van der Waals surface area contributed by atoms with E-state index in [2.05, 4.69) is 112 Å². The van der Waals surface area contributed by atoms with Crippen molar-refractivity contribution in [2.45, 2.75) is 57.0 Å². The van der Waals surface area contributed by atoms with Crippen LogP contribution in [0.1, 0.15) is 37.5 Å². The molecule has 0 nitrogen and oxygen atoms in total. The third-order valence-electron chi connectivity index (χ3n) is 7.31. The molecular weight excluding hydrogens is 380 g/mol. The highest BCUT2D eigenvalue weighted by Gasteiger charge is 2.50. The lowest BCUT2D eigenvalue weighted by Gasteiger charge is -2.48. The summed E-state index contributed by atoms with van der Waals surface area (Å²) in [6, 6.07) is 42.3. The molecule has 0 saturated carbocycles. The maximum absolute atomic E-state index is 2.50. The maximum atomic E-state index is 2.50. The Bertz CT molecular complexity index is 730. The van der Waals surface area contributed by atoms with Crippen molar-refractivity contribution in [3.8, 4) is 0 Å². The van der Waals surface area contributed by atoms with Crippen molar-refractivity contribution in [3.63, 3.8) is 0 Å². The van der Waals surface area contributed by atoms with E-state index in [-0.39, 0.29) is 0 Å². The average Bonchev–Trinajstić information content (AvgIpc) is 2.77. The third kappa shape index (κ3) is 4.99. The number of rotatable bonds is 10. The van der Waals surface area contributed by atoms with Crippen LogP contribution in [-0.4, -0.2) is 15.2 Å². The van der Waals surface area contributed by atoms with E-state index < -0.39 is 15.2 Å². The summed E-state index contributed by atoms with van der Waals surface area (Å²) in [4.78, 5) is 0. The molecule has 0 bridgehead atoms. The average molecular weight is 417 g/mol. The Morgan fingerprint density at radius 2 is 0.690 bits per heavy atom. The van der Waals surface area contributed by atoms with Crippen LogP contribution in [-0.2, 0) is 18.1 Å². The van der Waals surface area contributed by atoms with Crippen LogP contribution in [0.15, 0.2) is 91.0 Å². The fourth-order valence-corrected chi connectivity index (χ4v) is 25.8. The van der Waals surface area contributed by atoms with Gasteiger partial charge < -0.3 is 0 Å². The fraction of sp³-hybridized carbons (Fsp3) is 0.333. The first-order valence-electron chi connectivity index (χ1n) is 11.3. The summed E-state index contributed by atoms with van der Waals surface area (Å²) in [5.74, 6) is 0. The van der Waals surface area contributed by atoms with Crippen LogP contribution in [0.5, 0.6) is 0 Å². The molecule has 0 aliphatic heterocycles. The van der Waals surface area contributed by atoms with Gasteiger partial charge in [0.05, 0.1) is 7.59 Å². The van der Waals surface area contributed by atoms with Gasteiger partial charge in [0.15, 0.2) is 0 Å². The summed E-state index contributed by atoms with van der Waals surface area (Å²) >= 11 is 0. The van der Waals surface area contributed by atoms with Crippen LogP contribution >= 0.6 is 0 Å². The van der Waals surface area contributed by atoms with Crippen molar-refractivity contribution in [3.05, 3.63) is 108 Å². The molecule has 0 N–H and O–H groups in total. The van der Waals surface area contributed by atoms with E-state index >= 15 is 0 Å². The smallest absolute Gasteiger partial charge is 0.0607 e. The Balaban J connectivity index is 2.15. The summed E-state index contributed by atoms with van der Waals surface area (Å²) in [7, 11) is -3.07. The lowest BCUT2D eigenvalue weighted by atomic mass is 10.2. The second kappa shape index (κ2) is 10.2. The van der Waals surface area contributed by atoms with Crippen molar-refractivity contribution >= 4 is 15.2 Å². The standard InChI is InChI=1S/C27H36Si2/c1-4-28(5-2,6-3)29(22-25-16-10-7-11-17-25,23-26-18-12-8-13-19-26)24-27-20-14-9-15-21-27/h7-21H,4-6,22-24H2,1-3H3. The first-order valence-corrected chi connectivity index (χ1v) is 17.5. The molecule has 29 heavy (non-hydrogen) atoms. The van der Waals surface area contributed by atoms with Crippen LogP contribution in [0.25, 0.3) is 0 Å². The van der Waals surface area contributed by atoms with Gasteiger partial charge in [-0.2, -0.15) is 0 Å². The van der Waals surface area contributed by atoms with E-state index in [1.807, 2.05) is 0 Å². The molecule has 0 saturated heterocycles. The zero-order valence-corrected chi connectivity index (χ0v) is 20.4. The van der Waals surface area contributed by atoms with E-state index in [1.165, 1.54) is 36.3 Å². The molecule has 0 spiro atoms. The summed E-state index contributed by atoms with van der Waals surface area (Å²) in [6.07, 6.45) is 0. The van der Waals surface area contributed by atoms with Crippen molar-refractivity contribution in [2.24, 2.45) is 0 Å². The third-order valence-corrected chi connectivity index (χ3v) is 28.4. The van der Waals surface area contributed by atoms with E-state index in [1.54, 1.807) is 16.7 Å². The molecular formula is C27H36Si2. The molecule has 0 amide bonds. The Kier molecular flexibility index (Phi) is 7.68. The van der Waals surface area contributed by atoms with Gasteiger partial charge in [0.1, 0.15) is 0 Å². The Hall–Kier alpha value is -1.91. The monoisotopic (exact) mass is 416 g/mol. The van der Waals surface area contributed by atoms with Crippen LogP contribution in [0.4, 0.5) is 0 Å². The van der Waals surface area contributed by atoms with Gasteiger partial charge in [-0.05, 0) is 18.1 Å².